The van der Waals surface area contributed by atoms with Crippen LogP contribution in [0.15, 0.2) is 41.9 Å². The summed E-state index contributed by atoms with van der Waals surface area (Å²) in [6.45, 7) is 3.51. The summed E-state index contributed by atoms with van der Waals surface area (Å²) in [5, 5.41) is 6.18. The Hall–Kier alpha value is -2.94. The minimum Gasteiger partial charge on any atom is -0.349 e. The van der Waals surface area contributed by atoms with E-state index in [0.29, 0.717) is 16.9 Å². The first-order valence-corrected chi connectivity index (χ1v) is 10.8. The number of amides is 1. The van der Waals surface area contributed by atoms with E-state index < -0.39 is 9.84 Å². The van der Waals surface area contributed by atoms with E-state index in [0.717, 1.165) is 24.1 Å². The Kier molecular flexibility index (Phi) is 4.54. The molecule has 2 N–H and O–H groups in total. The van der Waals surface area contributed by atoms with Crippen molar-refractivity contribution in [3.8, 4) is 0 Å². The van der Waals surface area contributed by atoms with Gasteiger partial charge < -0.3 is 10.6 Å². The minimum absolute atomic E-state index is 0.00951. The maximum atomic E-state index is 12.3. The summed E-state index contributed by atoms with van der Waals surface area (Å²) < 4.78 is 26.0. The van der Waals surface area contributed by atoms with E-state index in [1.54, 1.807) is 25.3 Å². The molecule has 1 aliphatic carbocycles. The second-order valence-electron chi connectivity index (χ2n) is 6.88. The van der Waals surface area contributed by atoms with Crippen LogP contribution in [0.4, 0.5) is 11.5 Å². The number of nitrogens with one attached hydrogen (secondary N) is 2. The number of imidazole rings is 1. The zero-order valence-electron chi connectivity index (χ0n) is 15.6. The van der Waals surface area contributed by atoms with Crippen LogP contribution in [-0.2, 0) is 9.84 Å². The molecule has 0 spiro atoms. The molecule has 2 aromatic heterocycles. The zero-order chi connectivity index (χ0) is 19.9. The number of carbonyl (C=O) groups excluding carboxylic acids is 1. The van der Waals surface area contributed by atoms with Crippen LogP contribution in [0.1, 0.15) is 35.7 Å². The number of anilines is 2. The van der Waals surface area contributed by atoms with Gasteiger partial charge in [0, 0.05) is 29.7 Å². The molecule has 2 heterocycles. The van der Waals surface area contributed by atoms with Gasteiger partial charge in [-0.3, -0.25) is 9.20 Å². The van der Waals surface area contributed by atoms with Gasteiger partial charge in [-0.2, -0.15) is 0 Å². The van der Waals surface area contributed by atoms with Gasteiger partial charge in [0.2, 0.25) is 15.0 Å². The van der Waals surface area contributed by atoms with Crippen molar-refractivity contribution >= 4 is 32.8 Å². The minimum atomic E-state index is -3.46. The predicted molar refractivity (Wildman–Crippen MR) is 106 cm³/mol. The quantitative estimate of drug-likeness (QED) is 0.660. The molecule has 0 saturated heterocycles. The highest BCUT2D eigenvalue weighted by Crippen LogP contribution is 2.26. The van der Waals surface area contributed by atoms with E-state index in [1.807, 2.05) is 13.0 Å². The largest absolute Gasteiger partial charge is 0.349 e. The van der Waals surface area contributed by atoms with E-state index in [2.05, 4.69) is 20.6 Å². The fourth-order valence-electron chi connectivity index (χ4n) is 2.88. The number of benzene rings is 1. The molecule has 1 aromatic carbocycles. The molecule has 1 aliphatic rings. The molecule has 0 atom stereocenters. The summed E-state index contributed by atoms with van der Waals surface area (Å²) >= 11 is 0. The van der Waals surface area contributed by atoms with Gasteiger partial charge in [0.1, 0.15) is 5.52 Å². The highest BCUT2D eigenvalue weighted by Gasteiger charge is 2.24. The number of carbonyl (C=O) groups is 1. The van der Waals surface area contributed by atoms with E-state index in [1.165, 1.54) is 16.8 Å². The summed E-state index contributed by atoms with van der Waals surface area (Å²) in [5.41, 5.74) is 2.77. The molecule has 1 saturated carbocycles. The molecule has 9 heteroatoms. The molecular weight excluding hydrogens is 378 g/mol. The number of fused-ring (bicyclic) bond motifs is 1. The lowest BCUT2D eigenvalue weighted by Crippen LogP contribution is -2.25. The summed E-state index contributed by atoms with van der Waals surface area (Å²) in [6, 6.07) is 5.72. The van der Waals surface area contributed by atoms with Crippen LogP contribution in [0.2, 0.25) is 0 Å². The van der Waals surface area contributed by atoms with Crippen molar-refractivity contribution in [3.63, 3.8) is 0 Å². The van der Waals surface area contributed by atoms with E-state index in [4.69, 9.17) is 0 Å². The topological polar surface area (TPSA) is 105 Å². The van der Waals surface area contributed by atoms with Crippen molar-refractivity contribution < 1.29 is 13.2 Å². The molecular formula is C19H21N5O3S. The summed E-state index contributed by atoms with van der Waals surface area (Å²) in [7, 11) is -3.46. The Morgan fingerprint density at radius 2 is 2.07 bits per heavy atom. The lowest BCUT2D eigenvalue weighted by Gasteiger charge is -2.12. The van der Waals surface area contributed by atoms with Crippen molar-refractivity contribution in [2.24, 2.45) is 0 Å². The number of hydrogen-bond donors (Lipinski definition) is 2. The number of aromatic nitrogens is 3. The van der Waals surface area contributed by atoms with Gasteiger partial charge in [-0.25, -0.2) is 18.4 Å². The number of aryl methyl sites for hydroxylation is 1. The molecule has 8 nitrogen and oxygen atoms in total. The smallest absolute Gasteiger partial charge is 0.251 e. The molecule has 0 radical (unpaired) electrons. The first kappa shape index (κ1) is 18.4. The van der Waals surface area contributed by atoms with Crippen molar-refractivity contribution in [1.82, 2.24) is 19.7 Å². The van der Waals surface area contributed by atoms with Gasteiger partial charge in [0.25, 0.3) is 5.91 Å². The molecule has 28 heavy (non-hydrogen) atoms. The van der Waals surface area contributed by atoms with E-state index in [9.17, 15) is 13.2 Å². The maximum absolute atomic E-state index is 12.3. The Balaban J connectivity index is 1.69. The molecule has 0 bridgehead atoms. The fourth-order valence-corrected chi connectivity index (χ4v) is 3.81. The molecule has 4 rings (SSSR count). The molecule has 0 aliphatic heterocycles. The van der Waals surface area contributed by atoms with Crippen molar-refractivity contribution in [3.05, 3.63) is 47.9 Å². The molecule has 146 valence electrons. The molecule has 1 fully saturated rings. The number of hydrogen-bond acceptors (Lipinski definition) is 6. The average Bonchev–Trinajstić information content (AvgIpc) is 3.37. The number of rotatable bonds is 6. The van der Waals surface area contributed by atoms with Crippen LogP contribution in [0, 0.1) is 6.92 Å². The van der Waals surface area contributed by atoms with Gasteiger partial charge in [-0.15, -0.1) is 0 Å². The van der Waals surface area contributed by atoms with Crippen LogP contribution in [0.25, 0.3) is 5.52 Å². The van der Waals surface area contributed by atoms with Crippen LogP contribution in [0.5, 0.6) is 0 Å². The average molecular weight is 399 g/mol. The van der Waals surface area contributed by atoms with Gasteiger partial charge in [-0.05, 0) is 37.5 Å². The second-order valence-corrected chi connectivity index (χ2v) is 9.05. The van der Waals surface area contributed by atoms with Gasteiger partial charge in [-0.1, -0.05) is 13.0 Å². The first-order chi connectivity index (χ1) is 13.4. The lowest BCUT2D eigenvalue weighted by atomic mass is 10.1. The molecule has 1 amide bonds. The summed E-state index contributed by atoms with van der Waals surface area (Å²) in [5.74, 6) is 0.335. The van der Waals surface area contributed by atoms with Crippen LogP contribution < -0.4 is 10.6 Å². The van der Waals surface area contributed by atoms with E-state index in [-0.39, 0.29) is 22.9 Å². The standard InChI is InChI=1S/C19H21N5O3S/c1-3-28(26,27)19-21-11-16-17(20-8-9-24(16)19)23-15-10-13(5-4-12(15)2)18(25)22-14-6-7-14/h4-5,8-11,14H,3,6-7H2,1-2H3,(H,20,23)(H,22,25). The second kappa shape index (κ2) is 6.90. The molecule has 3 aromatic rings. The van der Waals surface area contributed by atoms with Crippen molar-refractivity contribution in [2.45, 2.75) is 37.9 Å². The Morgan fingerprint density at radius 1 is 1.29 bits per heavy atom. The van der Waals surface area contributed by atoms with Crippen molar-refractivity contribution in [1.29, 1.82) is 0 Å². The zero-order valence-corrected chi connectivity index (χ0v) is 16.5. The maximum Gasteiger partial charge on any atom is 0.251 e. The van der Waals surface area contributed by atoms with Gasteiger partial charge in [0.15, 0.2) is 5.82 Å². The summed E-state index contributed by atoms with van der Waals surface area (Å²) in [6.07, 6.45) is 6.63. The highest BCUT2D eigenvalue weighted by molar-refractivity contribution is 7.91. The summed E-state index contributed by atoms with van der Waals surface area (Å²) in [4.78, 5) is 20.7. The fraction of sp³-hybridized carbons (Fsp3) is 0.316. The van der Waals surface area contributed by atoms with Gasteiger partial charge in [0.05, 0.1) is 11.9 Å². The van der Waals surface area contributed by atoms with Crippen molar-refractivity contribution in [2.75, 3.05) is 11.1 Å². The first-order valence-electron chi connectivity index (χ1n) is 9.12. The Labute approximate surface area is 162 Å². The SMILES string of the molecule is CCS(=O)(=O)c1ncc2c(Nc3cc(C(=O)NC4CC4)ccc3C)nccn12. The third kappa shape index (κ3) is 3.45. The number of sulfone groups is 1. The monoisotopic (exact) mass is 399 g/mol. The van der Waals surface area contributed by atoms with Crippen LogP contribution in [-0.4, -0.2) is 40.5 Å². The highest BCUT2D eigenvalue weighted by atomic mass is 32.2. The molecule has 0 unspecified atom stereocenters. The lowest BCUT2D eigenvalue weighted by molar-refractivity contribution is 0.0951. The van der Waals surface area contributed by atoms with Crippen LogP contribution >= 0.6 is 0 Å². The van der Waals surface area contributed by atoms with E-state index >= 15 is 0 Å². The Morgan fingerprint density at radius 3 is 2.79 bits per heavy atom. The number of nitrogens with zero attached hydrogens (tertiary/aromatic N) is 3. The Bertz CT molecular complexity index is 1170. The predicted octanol–water partition coefficient (Wildman–Crippen LogP) is 2.47. The normalized spacial score (nSPS) is 14.2. The van der Waals surface area contributed by atoms with Crippen LogP contribution in [0.3, 0.4) is 0 Å². The third-order valence-corrected chi connectivity index (χ3v) is 6.37. The van der Waals surface area contributed by atoms with Gasteiger partial charge >= 0.3 is 0 Å². The third-order valence-electron chi connectivity index (χ3n) is 4.75.